The second-order valence-electron chi connectivity index (χ2n) is 8.27. The van der Waals surface area contributed by atoms with Crippen molar-refractivity contribution >= 4 is 17.7 Å². The van der Waals surface area contributed by atoms with Crippen LogP contribution in [0, 0.1) is 0 Å². The summed E-state index contributed by atoms with van der Waals surface area (Å²) in [4.78, 5) is 39.8. The van der Waals surface area contributed by atoms with Crippen LogP contribution in [0.25, 0.3) is 0 Å². The molecule has 2 aliphatic rings. The van der Waals surface area contributed by atoms with E-state index in [4.69, 9.17) is 18.9 Å². The predicted octanol–water partition coefficient (Wildman–Crippen LogP) is 2.98. The van der Waals surface area contributed by atoms with Gasteiger partial charge in [0.05, 0.1) is 51.1 Å². The highest BCUT2D eigenvalue weighted by Gasteiger charge is 2.38. The van der Waals surface area contributed by atoms with E-state index < -0.39 is 11.9 Å². The lowest BCUT2D eigenvalue weighted by atomic mass is 10.0. The fourth-order valence-electron chi connectivity index (χ4n) is 4.30. The van der Waals surface area contributed by atoms with E-state index in [1.54, 1.807) is 18.2 Å². The molecule has 0 aliphatic carbocycles. The molecule has 0 saturated carbocycles. The van der Waals surface area contributed by atoms with Crippen LogP contribution in [0.1, 0.15) is 62.4 Å². The first kappa shape index (κ1) is 23.6. The Bertz CT molecular complexity index is 1100. The zero-order chi connectivity index (χ0) is 24.4. The lowest BCUT2D eigenvalue weighted by Gasteiger charge is -2.19. The molecule has 2 atom stereocenters. The summed E-state index contributed by atoms with van der Waals surface area (Å²) >= 11 is 0. The summed E-state index contributed by atoms with van der Waals surface area (Å²) in [6.07, 6.45) is 1.60. The molecule has 2 aliphatic heterocycles. The standard InChI is InChI=1S/C25H28N2O7/c1-14(16-11-20(31-2)22(33-4)21(12-16)32-3)26-23(28)15-7-8-18-19(10-15)25(30)27(24(18)29)13-17-6-5-9-34-17/h7-8,10-12,14,17H,5-6,9,13H2,1-4H3,(H,26,28). The van der Waals surface area contributed by atoms with Crippen molar-refractivity contribution in [2.45, 2.75) is 31.9 Å². The number of amides is 3. The quantitative estimate of drug-likeness (QED) is 0.594. The Morgan fingerprint density at radius 2 is 1.74 bits per heavy atom. The molecule has 2 aromatic rings. The van der Waals surface area contributed by atoms with Crippen molar-refractivity contribution in [1.82, 2.24) is 10.2 Å². The summed E-state index contributed by atoms with van der Waals surface area (Å²) in [5, 5.41) is 2.92. The van der Waals surface area contributed by atoms with Gasteiger partial charge in [-0.05, 0) is 55.7 Å². The molecule has 2 unspecified atom stereocenters. The first-order valence-corrected chi connectivity index (χ1v) is 11.1. The number of nitrogens with one attached hydrogen (secondary N) is 1. The monoisotopic (exact) mass is 468 g/mol. The van der Waals surface area contributed by atoms with Gasteiger partial charge in [0.15, 0.2) is 11.5 Å². The number of rotatable bonds is 8. The second kappa shape index (κ2) is 9.72. The number of nitrogens with zero attached hydrogens (tertiary/aromatic N) is 1. The maximum Gasteiger partial charge on any atom is 0.261 e. The highest BCUT2D eigenvalue weighted by molar-refractivity contribution is 6.22. The molecular formula is C25H28N2O7. The SMILES string of the molecule is COc1cc(C(C)NC(=O)c2ccc3c(c2)C(=O)N(CC2CCCO2)C3=O)cc(OC)c1OC. The molecule has 2 aromatic carbocycles. The minimum Gasteiger partial charge on any atom is -0.493 e. The maximum atomic E-state index is 13.0. The van der Waals surface area contributed by atoms with Crippen LogP contribution in [0.15, 0.2) is 30.3 Å². The Labute approximate surface area is 197 Å². The van der Waals surface area contributed by atoms with Gasteiger partial charge in [-0.2, -0.15) is 0 Å². The smallest absolute Gasteiger partial charge is 0.261 e. The molecular weight excluding hydrogens is 440 g/mol. The molecule has 9 heteroatoms. The summed E-state index contributed by atoms with van der Waals surface area (Å²) in [5.74, 6) is 0.288. The van der Waals surface area contributed by atoms with Gasteiger partial charge in [-0.25, -0.2) is 0 Å². The second-order valence-corrected chi connectivity index (χ2v) is 8.27. The van der Waals surface area contributed by atoms with Gasteiger partial charge in [0.1, 0.15) is 0 Å². The van der Waals surface area contributed by atoms with E-state index in [0.717, 1.165) is 18.4 Å². The van der Waals surface area contributed by atoms with Crippen molar-refractivity contribution in [1.29, 1.82) is 0 Å². The van der Waals surface area contributed by atoms with E-state index in [1.165, 1.54) is 38.4 Å². The molecule has 0 aromatic heterocycles. The van der Waals surface area contributed by atoms with Crippen molar-refractivity contribution in [3.05, 3.63) is 52.6 Å². The fourth-order valence-corrected chi connectivity index (χ4v) is 4.30. The van der Waals surface area contributed by atoms with E-state index >= 15 is 0 Å². The molecule has 1 fully saturated rings. The zero-order valence-electron chi connectivity index (χ0n) is 19.7. The number of carbonyl (C=O) groups excluding carboxylic acids is 3. The van der Waals surface area contributed by atoms with Crippen molar-refractivity contribution in [3.8, 4) is 17.2 Å². The predicted molar refractivity (Wildman–Crippen MR) is 123 cm³/mol. The Hall–Kier alpha value is -3.59. The number of hydrogen-bond donors (Lipinski definition) is 1. The molecule has 1 N–H and O–H groups in total. The first-order valence-electron chi connectivity index (χ1n) is 11.1. The highest BCUT2D eigenvalue weighted by atomic mass is 16.5. The Kier molecular flexibility index (Phi) is 6.74. The van der Waals surface area contributed by atoms with Crippen LogP contribution < -0.4 is 19.5 Å². The number of carbonyl (C=O) groups is 3. The summed E-state index contributed by atoms with van der Waals surface area (Å²) < 4.78 is 21.7. The highest BCUT2D eigenvalue weighted by Crippen LogP contribution is 2.39. The van der Waals surface area contributed by atoms with Crippen LogP contribution in [0.4, 0.5) is 0 Å². The van der Waals surface area contributed by atoms with Crippen LogP contribution in [0.2, 0.25) is 0 Å². The van der Waals surface area contributed by atoms with Gasteiger partial charge in [0, 0.05) is 12.2 Å². The number of fused-ring (bicyclic) bond motifs is 1. The lowest BCUT2D eigenvalue weighted by Crippen LogP contribution is -2.36. The summed E-state index contributed by atoms with van der Waals surface area (Å²) in [6.45, 7) is 2.69. The van der Waals surface area contributed by atoms with E-state index in [1.807, 2.05) is 6.92 Å². The minimum atomic E-state index is -0.400. The first-order chi connectivity index (χ1) is 16.4. The average molecular weight is 469 g/mol. The van der Waals surface area contributed by atoms with Crippen LogP contribution in [-0.2, 0) is 4.74 Å². The molecule has 2 heterocycles. The third-order valence-electron chi connectivity index (χ3n) is 6.18. The topological polar surface area (TPSA) is 103 Å². The third kappa shape index (κ3) is 4.31. The number of ether oxygens (including phenoxy) is 4. The Morgan fingerprint density at radius 3 is 2.32 bits per heavy atom. The van der Waals surface area contributed by atoms with Gasteiger partial charge in [-0.15, -0.1) is 0 Å². The van der Waals surface area contributed by atoms with Gasteiger partial charge in [-0.3, -0.25) is 19.3 Å². The van der Waals surface area contributed by atoms with E-state index in [2.05, 4.69) is 5.32 Å². The largest absolute Gasteiger partial charge is 0.493 e. The third-order valence-corrected chi connectivity index (χ3v) is 6.18. The van der Waals surface area contributed by atoms with Gasteiger partial charge in [0.2, 0.25) is 5.75 Å². The van der Waals surface area contributed by atoms with Gasteiger partial charge < -0.3 is 24.3 Å². The van der Waals surface area contributed by atoms with E-state index in [0.29, 0.717) is 29.4 Å². The number of methoxy groups -OCH3 is 3. The molecule has 9 nitrogen and oxygen atoms in total. The van der Waals surface area contributed by atoms with Gasteiger partial charge in [-0.1, -0.05) is 0 Å². The minimum absolute atomic E-state index is 0.135. The Balaban J connectivity index is 1.51. The van der Waals surface area contributed by atoms with Crippen molar-refractivity contribution < 1.29 is 33.3 Å². The molecule has 0 spiro atoms. The fraction of sp³-hybridized carbons (Fsp3) is 0.400. The van der Waals surface area contributed by atoms with E-state index in [9.17, 15) is 14.4 Å². The van der Waals surface area contributed by atoms with Crippen LogP contribution in [0.5, 0.6) is 17.2 Å². The number of hydrogen-bond acceptors (Lipinski definition) is 7. The maximum absolute atomic E-state index is 13.0. The van der Waals surface area contributed by atoms with Crippen LogP contribution in [-0.4, -0.2) is 63.2 Å². The van der Waals surface area contributed by atoms with Gasteiger partial charge >= 0.3 is 0 Å². The van der Waals surface area contributed by atoms with Crippen LogP contribution >= 0.6 is 0 Å². The molecule has 34 heavy (non-hydrogen) atoms. The molecule has 4 rings (SSSR count). The van der Waals surface area contributed by atoms with Crippen molar-refractivity contribution in [3.63, 3.8) is 0 Å². The number of imide groups is 1. The molecule has 1 saturated heterocycles. The zero-order valence-corrected chi connectivity index (χ0v) is 19.7. The summed E-state index contributed by atoms with van der Waals surface area (Å²) in [6, 6.07) is 7.69. The molecule has 180 valence electrons. The normalized spacial score (nSPS) is 18.0. The van der Waals surface area contributed by atoms with Crippen molar-refractivity contribution in [2.24, 2.45) is 0 Å². The number of benzene rings is 2. The van der Waals surface area contributed by atoms with Crippen LogP contribution in [0.3, 0.4) is 0 Å². The summed E-state index contributed by atoms with van der Waals surface area (Å²) in [5.41, 5.74) is 1.57. The molecule has 0 radical (unpaired) electrons. The van der Waals surface area contributed by atoms with Crippen molar-refractivity contribution in [2.75, 3.05) is 34.5 Å². The van der Waals surface area contributed by atoms with E-state index in [-0.39, 0.29) is 35.6 Å². The Morgan fingerprint density at radius 1 is 1.06 bits per heavy atom. The lowest BCUT2D eigenvalue weighted by molar-refractivity contribution is 0.0475. The van der Waals surface area contributed by atoms with Gasteiger partial charge in [0.25, 0.3) is 17.7 Å². The summed E-state index contributed by atoms with van der Waals surface area (Å²) in [7, 11) is 4.57. The molecule has 3 amide bonds. The average Bonchev–Trinajstić information content (AvgIpc) is 3.45. The molecule has 0 bridgehead atoms.